The number of hydrogen-bond acceptors (Lipinski definition) is 16. The van der Waals surface area contributed by atoms with Crippen LogP contribution >= 0.6 is 0 Å². The summed E-state index contributed by atoms with van der Waals surface area (Å²) in [5, 5.41) is 60.7. The van der Waals surface area contributed by atoms with E-state index in [0.29, 0.717) is 0 Å². The van der Waals surface area contributed by atoms with Crippen LogP contribution in [0.3, 0.4) is 0 Å². The number of carbonyl (C=O) groups is 2. The third-order valence-electron chi connectivity index (χ3n) is 4.53. The fourth-order valence-electron chi connectivity index (χ4n) is 3.22. The Morgan fingerprint density at radius 3 is 1.07 bits per heavy atom. The maximum atomic E-state index is 11.3. The van der Waals surface area contributed by atoms with E-state index in [9.17, 15) is 30.0 Å². The maximum absolute atomic E-state index is 11.3. The molecular formula is C12H37Na3O26Sb2. The first-order valence-corrected chi connectivity index (χ1v) is 16.6. The number of carbonyl (C=O) groups excluding carboxylic acids is 2. The predicted molar refractivity (Wildman–Crippen MR) is 116 cm³/mol. The third kappa shape index (κ3) is 14.6. The van der Waals surface area contributed by atoms with Gasteiger partial charge in [-0.25, -0.2) is 0 Å². The molecule has 0 aromatic rings. The minimum atomic E-state index is -5.19. The molecule has 0 aliphatic carbocycles. The van der Waals surface area contributed by atoms with Crippen molar-refractivity contribution in [2.75, 3.05) is 13.2 Å². The van der Waals surface area contributed by atoms with Crippen molar-refractivity contribution in [3.8, 4) is 0 Å². The number of aliphatic hydroxyl groups is 4. The number of aliphatic hydroxyl groups excluding tert-OH is 4. The molecule has 26 nitrogen and oxygen atoms in total. The van der Waals surface area contributed by atoms with E-state index in [1.165, 1.54) is 0 Å². The maximum Gasteiger partial charge on any atom is 1.00 e. The van der Waals surface area contributed by atoms with Crippen LogP contribution < -0.4 is 98.9 Å². The first-order valence-electron chi connectivity index (χ1n) is 8.23. The number of carboxylic acids is 2. The Bertz CT molecular complexity index is 662. The molecule has 10 atom stereocenters. The summed E-state index contributed by atoms with van der Waals surface area (Å²) in [5.41, 5.74) is 0. The van der Waals surface area contributed by atoms with Gasteiger partial charge >= 0.3 is 263 Å². The average Bonchev–Trinajstić information content (AvgIpc) is 3.42. The Labute approximate surface area is 319 Å². The topological polar surface area (TPSA) is 571 Å². The Kier molecular flexibility index (Phi) is 52.2. The number of aliphatic carboxylic acids is 2. The van der Waals surface area contributed by atoms with Gasteiger partial charge in [0.25, 0.3) is 0 Å². The van der Waals surface area contributed by atoms with Crippen LogP contribution in [0.25, 0.3) is 0 Å². The smallest absolute Gasteiger partial charge is 0.870 e. The van der Waals surface area contributed by atoms with E-state index in [2.05, 4.69) is 0 Å². The zero-order valence-corrected chi connectivity index (χ0v) is 33.8. The molecule has 43 heavy (non-hydrogen) atoms. The van der Waals surface area contributed by atoms with E-state index in [0.717, 1.165) is 0 Å². The molecule has 4 aliphatic rings. The molecule has 4 saturated heterocycles. The second kappa shape index (κ2) is 29.6. The zero-order valence-electron chi connectivity index (χ0n) is 22.7. The molecule has 25 N–H and O–H groups in total. The summed E-state index contributed by atoms with van der Waals surface area (Å²) in [6.07, 6.45) is -11.8. The molecule has 3 unspecified atom stereocenters. The largest absolute Gasteiger partial charge is 1.00 e. The van der Waals surface area contributed by atoms with E-state index < -0.39 is 115 Å². The van der Waals surface area contributed by atoms with Gasteiger partial charge in [-0.15, -0.1) is 0 Å². The summed E-state index contributed by atoms with van der Waals surface area (Å²) in [6, 6.07) is 0. The Balaban J connectivity index is -0.0000000813. The van der Waals surface area contributed by atoms with Crippen molar-refractivity contribution in [1.82, 2.24) is 0 Å². The number of fused-ring (bicyclic) bond motifs is 4. The molecule has 4 fully saturated rings. The summed E-state index contributed by atoms with van der Waals surface area (Å²) in [6.45, 7) is -1.55. The molecular weight excluding hydrogens is 873 g/mol. The van der Waals surface area contributed by atoms with Gasteiger partial charge in [-0.3, -0.25) is 0 Å². The molecule has 0 spiro atoms. The van der Waals surface area contributed by atoms with Gasteiger partial charge in [0.1, 0.15) is 0 Å². The summed E-state index contributed by atoms with van der Waals surface area (Å²) in [7, 11) is 0. The number of hydrogen-bond donors (Lipinski definition) is 4. The Morgan fingerprint density at radius 1 is 0.605 bits per heavy atom. The van der Waals surface area contributed by atoms with E-state index >= 15 is 0 Å². The molecule has 2 radical (unpaired) electrons. The first-order chi connectivity index (χ1) is 13.6. The van der Waals surface area contributed by atoms with Crippen LogP contribution in [0, 0.1) is 0 Å². The van der Waals surface area contributed by atoms with Gasteiger partial charge in [-0.2, -0.15) is 0 Å². The average molecular weight is 910 g/mol. The molecule has 0 amide bonds. The minimum absolute atomic E-state index is 0. The van der Waals surface area contributed by atoms with Crippen LogP contribution in [0.4, 0.5) is 0 Å². The molecule has 4 heterocycles. The van der Waals surface area contributed by atoms with E-state index in [4.69, 9.17) is 29.6 Å². The van der Waals surface area contributed by atoms with Crippen molar-refractivity contribution < 1.29 is 209 Å². The van der Waals surface area contributed by atoms with Crippen molar-refractivity contribution in [3.63, 3.8) is 0 Å². The van der Waals surface area contributed by atoms with E-state index in [1.807, 2.05) is 0 Å². The van der Waals surface area contributed by atoms with Gasteiger partial charge in [0.15, 0.2) is 0 Å². The van der Waals surface area contributed by atoms with Gasteiger partial charge in [-0.05, 0) is 0 Å². The van der Waals surface area contributed by atoms with Gasteiger partial charge in [0, 0.05) is 0 Å². The van der Waals surface area contributed by atoms with Crippen molar-refractivity contribution in [2.45, 2.75) is 48.8 Å². The van der Waals surface area contributed by atoms with Crippen LogP contribution in [-0.4, -0.2) is 196 Å². The molecule has 4 bridgehead atoms. The molecule has 4 rings (SSSR count). The predicted octanol–water partition coefficient (Wildman–Crippen LogP) is -25.0. The second-order valence-corrected chi connectivity index (χ2v) is 18.8. The second-order valence-electron chi connectivity index (χ2n) is 6.45. The summed E-state index contributed by atoms with van der Waals surface area (Å²) < 4.78 is 38.1. The number of rotatable bonds is 8. The summed E-state index contributed by atoms with van der Waals surface area (Å²) in [4.78, 5) is 22.7. The molecule has 4 aliphatic heterocycles. The molecule has 0 saturated carbocycles. The van der Waals surface area contributed by atoms with Crippen LogP contribution in [-0.2, 0) is 29.0 Å². The number of carboxylic acid groups (broad SMARTS) is 2. The van der Waals surface area contributed by atoms with Crippen molar-refractivity contribution in [2.24, 2.45) is 0 Å². The van der Waals surface area contributed by atoms with E-state index in [1.54, 1.807) is 0 Å². The molecule has 31 heteroatoms. The van der Waals surface area contributed by atoms with Gasteiger partial charge < -0.3 is 60.2 Å². The fourth-order valence-corrected chi connectivity index (χ4v) is 23.5. The van der Waals surface area contributed by atoms with Crippen LogP contribution in [0.2, 0.25) is 0 Å². The fraction of sp³-hybridized carbons (Fsp3) is 0.833. The molecule has 0 aromatic carbocycles. The van der Waals surface area contributed by atoms with Gasteiger partial charge in [-0.1, -0.05) is 0 Å². The van der Waals surface area contributed by atoms with Crippen LogP contribution in [0.15, 0.2) is 0 Å². The first kappa shape index (κ1) is 75.8. The van der Waals surface area contributed by atoms with Gasteiger partial charge in [0.2, 0.25) is 0 Å². The van der Waals surface area contributed by atoms with Crippen molar-refractivity contribution >= 4 is 52.9 Å². The van der Waals surface area contributed by atoms with Crippen molar-refractivity contribution in [3.05, 3.63) is 0 Å². The van der Waals surface area contributed by atoms with Crippen molar-refractivity contribution in [1.29, 1.82) is 0 Å². The SMILES string of the molecule is O.O.O.O.O.O.O.O.O.O.O=C([O-])[C@@H]1[O][Sb]2([O][Sb]34[O][C@@H]([C@@H](C(O)CO)[O]3)[C@H](C(=O)[O-])[O]4)[O][C@H]([C@H](O)CO)[C@@H]1[O]2.[Na+].[Na+].[Na+].[OH-]. The Hall–Kier alpha value is 2.70. The van der Waals surface area contributed by atoms with Gasteiger partial charge in [0.05, 0.1) is 0 Å². The summed E-state index contributed by atoms with van der Waals surface area (Å²) in [5.74, 6) is -3.36. The zero-order chi connectivity index (χ0) is 21.1. The minimum Gasteiger partial charge on any atom is -0.870 e. The monoisotopic (exact) mass is 908 g/mol. The molecule has 254 valence electrons. The quantitative estimate of drug-likeness (QED) is 0.164. The van der Waals surface area contributed by atoms with Crippen LogP contribution in [0.5, 0.6) is 0 Å². The standard InChI is InChI=1S/2C6H9O7.3Na.11H2O.O.2Sb/c2*7-1-2(8)3(9)4(10)5(11)6(12)13;;;;;;;;;;;;;;;;;/h2*2-5,7-8H,1H2,(H,12,13);;;;11*1H2;;;/q2*-3;3*+1;;;;;;;;;;;;;2*+3/p-3/t2?,3-,4+,5-;2-,3-,4+,5-;;;;;;;;;;;;;;;;;/m11................./s1. The summed E-state index contributed by atoms with van der Waals surface area (Å²) >= 11 is -10.4. The van der Waals surface area contributed by atoms with Crippen LogP contribution in [0.1, 0.15) is 0 Å². The normalized spacial score (nSPS) is 32.0. The molecule has 0 aromatic heterocycles. The Morgan fingerprint density at radius 2 is 0.860 bits per heavy atom. The van der Waals surface area contributed by atoms with E-state index in [-0.39, 0.29) is 149 Å². The third-order valence-corrected chi connectivity index (χ3v) is 21.8.